The number of hydrogen-bond acceptors (Lipinski definition) is 5. The largest absolute Gasteiger partial charge is 0.476 e. The number of carbonyl (C=O) groups is 1. The topological polar surface area (TPSA) is 63.7 Å². The van der Waals surface area contributed by atoms with E-state index in [1.807, 2.05) is 6.07 Å². The summed E-state index contributed by atoms with van der Waals surface area (Å²) in [6, 6.07) is 3.62. The van der Waals surface area contributed by atoms with E-state index in [0.29, 0.717) is 12.5 Å². The van der Waals surface area contributed by atoms with E-state index in [2.05, 4.69) is 15.2 Å². The zero-order valence-electron chi connectivity index (χ0n) is 12.1. The summed E-state index contributed by atoms with van der Waals surface area (Å²) in [4.78, 5) is 18.1. The maximum absolute atomic E-state index is 11.6. The quantitative estimate of drug-likeness (QED) is 0.851. The van der Waals surface area contributed by atoms with Crippen LogP contribution in [0, 0.1) is 5.92 Å². The molecule has 6 heteroatoms. The molecule has 0 unspecified atom stereocenters. The lowest BCUT2D eigenvalue weighted by Gasteiger charge is -2.26. The minimum absolute atomic E-state index is 0.0952. The molecule has 0 atom stereocenters. The molecule has 1 saturated carbocycles. The van der Waals surface area contributed by atoms with Crippen LogP contribution in [0.15, 0.2) is 18.3 Å². The number of morpholine rings is 1. The number of hydrogen-bond donors (Lipinski definition) is 1. The van der Waals surface area contributed by atoms with E-state index in [4.69, 9.17) is 9.47 Å². The van der Waals surface area contributed by atoms with Crippen molar-refractivity contribution in [3.8, 4) is 5.88 Å². The van der Waals surface area contributed by atoms with E-state index in [-0.39, 0.29) is 11.8 Å². The van der Waals surface area contributed by atoms with Gasteiger partial charge in [0.25, 0.3) is 0 Å². The van der Waals surface area contributed by atoms with Crippen molar-refractivity contribution in [2.45, 2.75) is 12.8 Å². The Bertz CT molecular complexity index is 468. The molecule has 0 aromatic carbocycles. The molecule has 2 aliphatic rings. The molecule has 0 bridgehead atoms. The SMILES string of the molecule is O=C(Nc1ccc(OCCN2CCOCC2)nc1)C1CC1. The Labute approximate surface area is 124 Å². The van der Waals surface area contributed by atoms with Crippen molar-refractivity contribution in [2.75, 3.05) is 44.8 Å². The van der Waals surface area contributed by atoms with E-state index in [9.17, 15) is 4.79 Å². The van der Waals surface area contributed by atoms with E-state index < -0.39 is 0 Å². The molecule has 6 nitrogen and oxygen atoms in total. The van der Waals surface area contributed by atoms with E-state index in [1.54, 1.807) is 12.3 Å². The molecule has 114 valence electrons. The Morgan fingerprint density at radius 3 is 2.86 bits per heavy atom. The van der Waals surface area contributed by atoms with Crippen molar-refractivity contribution < 1.29 is 14.3 Å². The smallest absolute Gasteiger partial charge is 0.227 e. The van der Waals surface area contributed by atoms with E-state index in [1.165, 1.54) is 0 Å². The third kappa shape index (κ3) is 4.41. The first-order valence-electron chi connectivity index (χ1n) is 7.51. The molecule has 1 N–H and O–H groups in total. The maximum atomic E-state index is 11.6. The lowest BCUT2D eigenvalue weighted by molar-refractivity contribution is -0.117. The van der Waals surface area contributed by atoms with Gasteiger partial charge in [-0.1, -0.05) is 0 Å². The summed E-state index contributed by atoms with van der Waals surface area (Å²) in [6.45, 7) is 5.01. The van der Waals surface area contributed by atoms with Gasteiger partial charge in [0.05, 0.1) is 25.1 Å². The number of anilines is 1. The number of aromatic nitrogens is 1. The van der Waals surface area contributed by atoms with Gasteiger partial charge in [0.15, 0.2) is 0 Å². The molecule has 1 aromatic rings. The first-order valence-corrected chi connectivity index (χ1v) is 7.51. The standard InChI is InChI=1S/C15H21N3O3/c19-15(12-1-2-12)17-13-3-4-14(16-11-13)21-10-7-18-5-8-20-9-6-18/h3-4,11-12H,1-2,5-10H2,(H,17,19). The molecule has 1 saturated heterocycles. The molecular formula is C15H21N3O3. The van der Waals surface area contributed by atoms with Gasteiger partial charge in [-0.25, -0.2) is 4.98 Å². The van der Waals surface area contributed by atoms with Crippen molar-refractivity contribution in [1.82, 2.24) is 9.88 Å². The highest BCUT2D eigenvalue weighted by molar-refractivity contribution is 5.93. The van der Waals surface area contributed by atoms with Crippen molar-refractivity contribution in [2.24, 2.45) is 5.92 Å². The van der Waals surface area contributed by atoms with Gasteiger partial charge in [-0.2, -0.15) is 0 Å². The zero-order valence-corrected chi connectivity index (χ0v) is 12.1. The fourth-order valence-electron chi connectivity index (χ4n) is 2.23. The molecular weight excluding hydrogens is 270 g/mol. The Balaban J connectivity index is 1.40. The predicted octanol–water partition coefficient (Wildman–Crippen LogP) is 1.14. The highest BCUT2D eigenvalue weighted by Crippen LogP contribution is 2.30. The maximum Gasteiger partial charge on any atom is 0.227 e. The number of nitrogens with one attached hydrogen (secondary N) is 1. The molecule has 2 fully saturated rings. The highest BCUT2D eigenvalue weighted by atomic mass is 16.5. The Morgan fingerprint density at radius 1 is 1.38 bits per heavy atom. The Morgan fingerprint density at radius 2 is 2.19 bits per heavy atom. The zero-order chi connectivity index (χ0) is 14.5. The highest BCUT2D eigenvalue weighted by Gasteiger charge is 2.29. The van der Waals surface area contributed by atoms with Crippen molar-refractivity contribution in [1.29, 1.82) is 0 Å². The van der Waals surface area contributed by atoms with Crippen LogP contribution in [0.4, 0.5) is 5.69 Å². The minimum Gasteiger partial charge on any atom is -0.476 e. The summed E-state index contributed by atoms with van der Waals surface area (Å²) in [5.41, 5.74) is 0.729. The molecule has 0 spiro atoms. The van der Waals surface area contributed by atoms with Crippen LogP contribution in [0.5, 0.6) is 5.88 Å². The lowest BCUT2D eigenvalue weighted by Crippen LogP contribution is -2.38. The molecule has 1 amide bonds. The molecule has 0 radical (unpaired) electrons. The number of ether oxygens (including phenoxy) is 2. The summed E-state index contributed by atoms with van der Waals surface area (Å²) in [5, 5.41) is 2.86. The van der Waals surface area contributed by atoms with Crippen LogP contribution in [0.25, 0.3) is 0 Å². The van der Waals surface area contributed by atoms with Gasteiger partial charge < -0.3 is 14.8 Å². The monoisotopic (exact) mass is 291 g/mol. The van der Waals surface area contributed by atoms with Crippen LogP contribution < -0.4 is 10.1 Å². The number of pyridine rings is 1. The predicted molar refractivity (Wildman–Crippen MR) is 78.3 cm³/mol. The number of carbonyl (C=O) groups excluding carboxylic acids is 1. The van der Waals surface area contributed by atoms with Gasteiger partial charge in [0.1, 0.15) is 6.61 Å². The van der Waals surface area contributed by atoms with Gasteiger partial charge in [-0.15, -0.1) is 0 Å². The van der Waals surface area contributed by atoms with E-state index >= 15 is 0 Å². The molecule has 3 rings (SSSR count). The van der Waals surface area contributed by atoms with Gasteiger partial charge in [0, 0.05) is 31.6 Å². The molecule has 2 heterocycles. The van der Waals surface area contributed by atoms with Crippen LogP contribution in [-0.2, 0) is 9.53 Å². The Kier molecular flexibility index (Phi) is 4.67. The first kappa shape index (κ1) is 14.3. The minimum atomic E-state index is 0.0952. The van der Waals surface area contributed by atoms with Gasteiger partial charge in [-0.3, -0.25) is 9.69 Å². The molecule has 1 aliphatic carbocycles. The lowest BCUT2D eigenvalue weighted by atomic mass is 10.3. The summed E-state index contributed by atoms with van der Waals surface area (Å²) in [7, 11) is 0. The van der Waals surface area contributed by atoms with Gasteiger partial charge >= 0.3 is 0 Å². The number of rotatable bonds is 6. The number of amides is 1. The summed E-state index contributed by atoms with van der Waals surface area (Å²) < 4.78 is 10.9. The number of nitrogens with zero attached hydrogens (tertiary/aromatic N) is 2. The van der Waals surface area contributed by atoms with Crippen LogP contribution in [0.2, 0.25) is 0 Å². The molecule has 1 aliphatic heterocycles. The second-order valence-corrected chi connectivity index (χ2v) is 5.45. The normalized spacial score (nSPS) is 19.2. The van der Waals surface area contributed by atoms with Gasteiger partial charge in [0.2, 0.25) is 11.8 Å². The third-order valence-electron chi connectivity index (χ3n) is 3.71. The van der Waals surface area contributed by atoms with Crippen LogP contribution >= 0.6 is 0 Å². The molecule has 21 heavy (non-hydrogen) atoms. The van der Waals surface area contributed by atoms with Crippen molar-refractivity contribution >= 4 is 11.6 Å². The average molecular weight is 291 g/mol. The Hall–Kier alpha value is -1.66. The molecule has 1 aromatic heterocycles. The van der Waals surface area contributed by atoms with Gasteiger partial charge in [-0.05, 0) is 18.9 Å². The summed E-state index contributed by atoms with van der Waals surface area (Å²) >= 11 is 0. The summed E-state index contributed by atoms with van der Waals surface area (Å²) in [5.74, 6) is 0.889. The first-order chi connectivity index (χ1) is 10.3. The van der Waals surface area contributed by atoms with Crippen molar-refractivity contribution in [3.05, 3.63) is 18.3 Å². The van der Waals surface area contributed by atoms with Crippen LogP contribution in [-0.4, -0.2) is 55.2 Å². The van der Waals surface area contributed by atoms with Crippen LogP contribution in [0.3, 0.4) is 0 Å². The summed E-state index contributed by atoms with van der Waals surface area (Å²) in [6.07, 6.45) is 3.65. The third-order valence-corrected chi connectivity index (χ3v) is 3.71. The fourth-order valence-corrected chi connectivity index (χ4v) is 2.23. The average Bonchev–Trinajstić information content (AvgIpc) is 3.35. The second-order valence-electron chi connectivity index (χ2n) is 5.45. The second kappa shape index (κ2) is 6.87. The van der Waals surface area contributed by atoms with Crippen LogP contribution in [0.1, 0.15) is 12.8 Å². The fraction of sp³-hybridized carbons (Fsp3) is 0.600. The van der Waals surface area contributed by atoms with Crippen molar-refractivity contribution in [3.63, 3.8) is 0 Å². The van der Waals surface area contributed by atoms with E-state index in [0.717, 1.165) is 51.4 Å².